The number of nitrogens with zero attached hydrogens (tertiary/aromatic N) is 1. The fourth-order valence-corrected chi connectivity index (χ4v) is 3.32. The summed E-state index contributed by atoms with van der Waals surface area (Å²) in [6.07, 6.45) is 2.32. The average Bonchev–Trinajstić information content (AvgIpc) is 3.45. The highest BCUT2D eigenvalue weighted by Gasteiger charge is 2.40. The summed E-state index contributed by atoms with van der Waals surface area (Å²) >= 11 is 0. The fraction of sp³-hybridized carbons (Fsp3) is 0.250. The summed E-state index contributed by atoms with van der Waals surface area (Å²) in [4.78, 5) is 42.1. The molecule has 0 bridgehead atoms. The predicted octanol–water partition coefficient (Wildman–Crippen LogP) is 3.32. The van der Waals surface area contributed by atoms with E-state index in [2.05, 4.69) is 0 Å². The molecule has 1 saturated carbocycles. The van der Waals surface area contributed by atoms with Gasteiger partial charge in [0.15, 0.2) is 0 Å². The van der Waals surface area contributed by atoms with Crippen LogP contribution in [-0.2, 0) is 9.63 Å². The lowest BCUT2D eigenvalue weighted by Gasteiger charge is -2.18. The topological polar surface area (TPSA) is 63.7 Å². The van der Waals surface area contributed by atoms with E-state index in [1.807, 2.05) is 30.3 Å². The van der Waals surface area contributed by atoms with Gasteiger partial charge in [0.1, 0.15) is 0 Å². The molecule has 2 amide bonds. The number of hydrogen-bond acceptors (Lipinski definition) is 4. The molecule has 5 nitrogen and oxygen atoms in total. The van der Waals surface area contributed by atoms with E-state index in [1.54, 1.807) is 24.3 Å². The zero-order valence-electron chi connectivity index (χ0n) is 13.6. The van der Waals surface area contributed by atoms with Crippen molar-refractivity contribution in [2.45, 2.75) is 25.2 Å². The zero-order chi connectivity index (χ0) is 17.4. The number of hydroxylamine groups is 2. The number of benzene rings is 2. The van der Waals surface area contributed by atoms with E-state index in [0.717, 1.165) is 18.4 Å². The van der Waals surface area contributed by atoms with Gasteiger partial charge in [-0.25, -0.2) is 4.79 Å². The Morgan fingerprint density at radius 2 is 1.52 bits per heavy atom. The summed E-state index contributed by atoms with van der Waals surface area (Å²) in [5, 5.41) is 0.585. The standard InChI is InChI=1S/C20H17NO4/c22-18(12-17(14-10-11-14)13-6-2-1-3-7-13)25-21-19(23)15-8-4-5-9-16(15)20(21)24/h1-9,14,17H,10-12H2. The molecular formula is C20H17NO4. The third-order valence-electron chi connectivity index (χ3n) is 4.76. The van der Waals surface area contributed by atoms with Gasteiger partial charge in [-0.15, -0.1) is 0 Å². The molecule has 1 heterocycles. The minimum absolute atomic E-state index is 0.0592. The van der Waals surface area contributed by atoms with E-state index in [0.29, 0.717) is 11.0 Å². The second kappa shape index (κ2) is 6.16. The van der Waals surface area contributed by atoms with Gasteiger partial charge in [-0.05, 0) is 42.4 Å². The monoisotopic (exact) mass is 335 g/mol. The van der Waals surface area contributed by atoms with Crippen molar-refractivity contribution >= 4 is 17.8 Å². The Labute approximate surface area is 145 Å². The largest absolute Gasteiger partial charge is 0.333 e. The average molecular weight is 335 g/mol. The van der Waals surface area contributed by atoms with E-state index in [1.165, 1.54) is 0 Å². The van der Waals surface area contributed by atoms with Crippen LogP contribution in [0.25, 0.3) is 0 Å². The van der Waals surface area contributed by atoms with Crippen LogP contribution in [0.3, 0.4) is 0 Å². The second-order valence-electron chi connectivity index (χ2n) is 6.47. The van der Waals surface area contributed by atoms with Crippen LogP contribution in [0.5, 0.6) is 0 Å². The molecule has 0 radical (unpaired) electrons. The molecule has 1 unspecified atom stereocenters. The van der Waals surface area contributed by atoms with Gasteiger partial charge in [0.05, 0.1) is 17.5 Å². The number of amides is 2. The molecule has 2 aromatic carbocycles. The van der Waals surface area contributed by atoms with Crippen LogP contribution in [-0.4, -0.2) is 22.8 Å². The number of hydrogen-bond donors (Lipinski definition) is 0. The molecule has 2 aromatic rings. The van der Waals surface area contributed by atoms with Crippen molar-refractivity contribution in [2.75, 3.05) is 0 Å². The van der Waals surface area contributed by atoms with Gasteiger partial charge < -0.3 is 4.84 Å². The van der Waals surface area contributed by atoms with Gasteiger partial charge in [0.25, 0.3) is 11.8 Å². The van der Waals surface area contributed by atoms with Gasteiger partial charge >= 0.3 is 5.97 Å². The van der Waals surface area contributed by atoms with Gasteiger partial charge in [0, 0.05) is 0 Å². The Hall–Kier alpha value is -2.95. The molecule has 2 aliphatic rings. The lowest BCUT2D eigenvalue weighted by atomic mass is 9.91. The van der Waals surface area contributed by atoms with E-state index in [-0.39, 0.29) is 23.5 Å². The summed E-state index contributed by atoms with van der Waals surface area (Å²) in [7, 11) is 0. The van der Waals surface area contributed by atoms with E-state index >= 15 is 0 Å². The van der Waals surface area contributed by atoms with Crippen LogP contribution in [0, 0.1) is 5.92 Å². The molecule has 0 saturated heterocycles. The molecule has 0 aromatic heterocycles. The molecule has 126 valence electrons. The maximum atomic E-state index is 12.4. The molecular weight excluding hydrogens is 318 g/mol. The Kier molecular flexibility index (Phi) is 3.84. The highest BCUT2D eigenvalue weighted by molar-refractivity contribution is 6.20. The van der Waals surface area contributed by atoms with Crippen LogP contribution in [0.2, 0.25) is 0 Å². The van der Waals surface area contributed by atoms with Crippen LogP contribution >= 0.6 is 0 Å². The Morgan fingerprint density at radius 1 is 0.960 bits per heavy atom. The first-order valence-corrected chi connectivity index (χ1v) is 8.38. The van der Waals surface area contributed by atoms with E-state index in [4.69, 9.17) is 4.84 Å². The Balaban J connectivity index is 1.47. The third kappa shape index (κ3) is 2.93. The quantitative estimate of drug-likeness (QED) is 0.786. The van der Waals surface area contributed by atoms with Crippen molar-refractivity contribution in [1.82, 2.24) is 5.06 Å². The van der Waals surface area contributed by atoms with E-state index < -0.39 is 17.8 Å². The summed E-state index contributed by atoms with van der Waals surface area (Å²) in [5.41, 5.74) is 1.62. The van der Waals surface area contributed by atoms with Gasteiger partial charge in [-0.3, -0.25) is 9.59 Å². The first-order chi connectivity index (χ1) is 12.1. The van der Waals surface area contributed by atoms with Crippen LogP contribution < -0.4 is 0 Å². The number of rotatable bonds is 5. The molecule has 1 atom stereocenters. The number of carbonyl (C=O) groups excluding carboxylic acids is 3. The normalized spacial score (nSPS) is 17.4. The summed E-state index contributed by atoms with van der Waals surface area (Å²) < 4.78 is 0. The van der Waals surface area contributed by atoms with Crippen molar-refractivity contribution in [1.29, 1.82) is 0 Å². The Morgan fingerprint density at radius 3 is 2.08 bits per heavy atom. The summed E-state index contributed by atoms with van der Waals surface area (Å²) in [5.74, 6) is -1.22. The third-order valence-corrected chi connectivity index (χ3v) is 4.76. The molecule has 1 aliphatic heterocycles. The maximum absolute atomic E-state index is 12.4. The van der Waals surface area contributed by atoms with Crippen LogP contribution in [0.4, 0.5) is 0 Å². The smallest absolute Gasteiger partial charge is 0.330 e. The summed E-state index contributed by atoms with van der Waals surface area (Å²) in [6, 6.07) is 16.3. The minimum atomic E-state index is -0.586. The molecule has 25 heavy (non-hydrogen) atoms. The maximum Gasteiger partial charge on any atom is 0.333 e. The van der Waals surface area contributed by atoms with Crippen molar-refractivity contribution in [3.8, 4) is 0 Å². The first-order valence-electron chi connectivity index (χ1n) is 8.38. The molecule has 5 heteroatoms. The van der Waals surface area contributed by atoms with Crippen LogP contribution in [0.15, 0.2) is 54.6 Å². The SMILES string of the molecule is O=C(CC(c1ccccc1)C1CC1)ON1C(=O)c2ccccc2C1=O. The molecule has 0 spiro atoms. The summed E-state index contributed by atoms with van der Waals surface area (Å²) in [6.45, 7) is 0. The van der Waals surface area contributed by atoms with Crippen molar-refractivity contribution in [3.05, 3.63) is 71.3 Å². The molecule has 1 fully saturated rings. The number of imide groups is 1. The van der Waals surface area contributed by atoms with Crippen molar-refractivity contribution in [2.24, 2.45) is 5.92 Å². The molecule has 1 aliphatic carbocycles. The van der Waals surface area contributed by atoms with Gasteiger partial charge in [-0.2, -0.15) is 0 Å². The van der Waals surface area contributed by atoms with Crippen molar-refractivity contribution in [3.63, 3.8) is 0 Å². The molecule has 0 N–H and O–H groups in total. The first kappa shape index (κ1) is 15.6. The zero-order valence-corrected chi connectivity index (χ0v) is 13.6. The second-order valence-corrected chi connectivity index (χ2v) is 6.47. The lowest BCUT2D eigenvalue weighted by molar-refractivity contribution is -0.169. The van der Waals surface area contributed by atoms with Crippen molar-refractivity contribution < 1.29 is 19.2 Å². The fourth-order valence-electron chi connectivity index (χ4n) is 3.32. The number of fused-ring (bicyclic) bond motifs is 1. The Bertz CT molecular complexity index is 807. The van der Waals surface area contributed by atoms with Crippen LogP contribution in [0.1, 0.15) is 51.5 Å². The minimum Gasteiger partial charge on any atom is -0.330 e. The highest BCUT2D eigenvalue weighted by atomic mass is 16.7. The predicted molar refractivity (Wildman–Crippen MR) is 89.6 cm³/mol. The molecule has 4 rings (SSSR count). The van der Waals surface area contributed by atoms with Gasteiger partial charge in [-0.1, -0.05) is 47.5 Å². The lowest BCUT2D eigenvalue weighted by Crippen LogP contribution is -2.33. The number of carbonyl (C=O) groups is 3. The van der Waals surface area contributed by atoms with E-state index in [9.17, 15) is 14.4 Å². The van der Waals surface area contributed by atoms with Gasteiger partial charge in [0.2, 0.25) is 0 Å². The highest BCUT2D eigenvalue weighted by Crippen LogP contribution is 2.44.